The summed E-state index contributed by atoms with van der Waals surface area (Å²) in [4.78, 5) is 29.2. The fraction of sp³-hybridized carbons (Fsp3) is 0.385. The molecule has 0 bridgehead atoms. The first-order valence-corrected chi connectivity index (χ1v) is 10.8. The molecule has 1 aliphatic rings. The van der Waals surface area contributed by atoms with Gasteiger partial charge in [-0.2, -0.15) is 0 Å². The molecule has 0 fully saturated rings. The van der Waals surface area contributed by atoms with Gasteiger partial charge in [0.2, 0.25) is 5.91 Å². The van der Waals surface area contributed by atoms with Gasteiger partial charge in [-0.25, -0.2) is 0 Å². The third kappa shape index (κ3) is 5.82. The summed E-state index contributed by atoms with van der Waals surface area (Å²) in [5.41, 5.74) is 3.24. The molecule has 0 saturated heterocycles. The van der Waals surface area contributed by atoms with E-state index in [4.69, 9.17) is 4.74 Å². The van der Waals surface area contributed by atoms with Crippen molar-refractivity contribution in [1.82, 2.24) is 9.80 Å². The van der Waals surface area contributed by atoms with Crippen LogP contribution >= 0.6 is 0 Å². The van der Waals surface area contributed by atoms with Crippen LogP contribution in [0.15, 0.2) is 72.3 Å². The third-order valence-electron chi connectivity index (χ3n) is 6.05. The molecule has 0 radical (unpaired) electrons. The smallest absolute Gasteiger partial charge is 0.324 e. The fourth-order valence-electron chi connectivity index (χ4n) is 3.92. The second-order valence-electron chi connectivity index (χ2n) is 8.32. The normalized spacial score (nSPS) is 18.6. The van der Waals surface area contributed by atoms with E-state index in [1.54, 1.807) is 11.9 Å². The van der Waals surface area contributed by atoms with Crippen LogP contribution in [-0.4, -0.2) is 47.4 Å². The summed E-state index contributed by atoms with van der Waals surface area (Å²) in [7, 11) is 1.74. The van der Waals surface area contributed by atoms with Crippen LogP contribution in [0.1, 0.15) is 44.4 Å². The van der Waals surface area contributed by atoms with Crippen molar-refractivity contribution in [3.8, 4) is 0 Å². The lowest BCUT2D eigenvalue weighted by Gasteiger charge is -2.36. The Hall–Kier alpha value is -2.92. The Morgan fingerprint density at radius 3 is 2.32 bits per heavy atom. The van der Waals surface area contributed by atoms with E-state index in [9.17, 15) is 9.59 Å². The second-order valence-corrected chi connectivity index (χ2v) is 8.32. The van der Waals surface area contributed by atoms with Crippen LogP contribution in [0.4, 0.5) is 0 Å². The molecule has 0 spiro atoms. The highest BCUT2D eigenvalue weighted by molar-refractivity contribution is 5.77. The molecule has 1 aliphatic heterocycles. The minimum atomic E-state index is -0.535. The van der Waals surface area contributed by atoms with Crippen molar-refractivity contribution in [1.29, 1.82) is 0 Å². The van der Waals surface area contributed by atoms with Gasteiger partial charge in [-0.05, 0) is 31.4 Å². The summed E-state index contributed by atoms with van der Waals surface area (Å²) in [6.45, 7) is 6.89. The fourth-order valence-corrected chi connectivity index (χ4v) is 3.92. The van der Waals surface area contributed by atoms with Gasteiger partial charge in [0.25, 0.3) is 0 Å². The minimum absolute atomic E-state index is 0.0633. The van der Waals surface area contributed by atoms with E-state index in [0.29, 0.717) is 19.5 Å². The number of carbonyl (C=O) groups excluding carboxylic acids is 2. The highest BCUT2D eigenvalue weighted by Crippen LogP contribution is 2.28. The number of hydrogen-bond acceptors (Lipinski definition) is 4. The van der Waals surface area contributed by atoms with E-state index in [2.05, 4.69) is 30.0 Å². The van der Waals surface area contributed by atoms with Crippen molar-refractivity contribution in [2.45, 2.75) is 51.9 Å². The first-order chi connectivity index (χ1) is 14.9. The first-order valence-electron chi connectivity index (χ1n) is 10.8. The van der Waals surface area contributed by atoms with Gasteiger partial charge in [-0.1, -0.05) is 72.3 Å². The summed E-state index contributed by atoms with van der Waals surface area (Å²) >= 11 is 0. The SMILES string of the molecule is CC(=O)N(C)C(C)[C@@H](OC(=O)[C@@H]1CC(C)=CCN1Cc1ccccc1)c1ccccc1. The Kier molecular flexibility index (Phi) is 7.64. The van der Waals surface area contributed by atoms with E-state index >= 15 is 0 Å². The highest BCUT2D eigenvalue weighted by atomic mass is 16.5. The van der Waals surface area contributed by atoms with Crippen LogP contribution in [0, 0.1) is 0 Å². The van der Waals surface area contributed by atoms with Crippen LogP contribution in [0.25, 0.3) is 0 Å². The van der Waals surface area contributed by atoms with Gasteiger partial charge in [-0.3, -0.25) is 14.5 Å². The molecule has 164 valence electrons. The molecule has 0 aromatic heterocycles. The first kappa shape index (κ1) is 22.8. The van der Waals surface area contributed by atoms with Crippen molar-refractivity contribution in [3.05, 3.63) is 83.4 Å². The molecule has 1 amide bonds. The molecule has 3 rings (SSSR count). The molecule has 1 heterocycles. The summed E-state index contributed by atoms with van der Waals surface area (Å²) in [6, 6.07) is 19.2. The van der Waals surface area contributed by atoms with Gasteiger partial charge in [0.1, 0.15) is 12.1 Å². The number of rotatable bonds is 7. The molecule has 0 N–H and O–H groups in total. The van der Waals surface area contributed by atoms with Crippen molar-refractivity contribution < 1.29 is 14.3 Å². The Morgan fingerprint density at radius 2 is 1.71 bits per heavy atom. The van der Waals surface area contributed by atoms with Crippen molar-refractivity contribution in [3.63, 3.8) is 0 Å². The van der Waals surface area contributed by atoms with Crippen LogP contribution in [0.3, 0.4) is 0 Å². The van der Waals surface area contributed by atoms with E-state index < -0.39 is 6.10 Å². The number of nitrogens with zero attached hydrogens (tertiary/aromatic N) is 2. The number of amides is 1. The third-order valence-corrected chi connectivity index (χ3v) is 6.05. The molecule has 1 unspecified atom stereocenters. The predicted molar refractivity (Wildman–Crippen MR) is 122 cm³/mol. The van der Waals surface area contributed by atoms with E-state index in [1.807, 2.05) is 55.5 Å². The lowest BCUT2D eigenvalue weighted by Crippen LogP contribution is -2.46. The van der Waals surface area contributed by atoms with E-state index in [0.717, 1.165) is 11.1 Å². The van der Waals surface area contributed by atoms with Crippen LogP contribution < -0.4 is 0 Å². The molecular formula is C26H32N2O3. The summed E-state index contributed by atoms with van der Waals surface area (Å²) < 4.78 is 6.12. The number of likely N-dealkylation sites (N-methyl/N-ethyl adjacent to an activating group) is 1. The number of hydrogen-bond donors (Lipinski definition) is 0. The molecule has 0 aliphatic carbocycles. The maximum atomic E-state index is 13.4. The molecule has 2 aromatic rings. The summed E-state index contributed by atoms with van der Waals surface area (Å²) in [5.74, 6) is -0.312. The number of benzene rings is 2. The molecular weight excluding hydrogens is 388 g/mol. The Morgan fingerprint density at radius 1 is 1.10 bits per heavy atom. The van der Waals surface area contributed by atoms with Crippen LogP contribution in [-0.2, 0) is 20.9 Å². The number of esters is 1. The summed E-state index contributed by atoms with van der Waals surface area (Å²) in [5, 5.41) is 0. The Labute approximate surface area is 185 Å². The lowest BCUT2D eigenvalue weighted by molar-refractivity contribution is -0.161. The van der Waals surface area contributed by atoms with Crippen molar-refractivity contribution in [2.24, 2.45) is 0 Å². The zero-order chi connectivity index (χ0) is 22.4. The van der Waals surface area contributed by atoms with Gasteiger partial charge in [0.05, 0.1) is 6.04 Å². The topological polar surface area (TPSA) is 49.9 Å². The van der Waals surface area contributed by atoms with Gasteiger partial charge in [0.15, 0.2) is 0 Å². The molecule has 5 nitrogen and oxygen atoms in total. The molecule has 0 saturated carbocycles. The zero-order valence-electron chi connectivity index (χ0n) is 18.8. The molecule has 31 heavy (non-hydrogen) atoms. The standard InChI is InChI=1S/C26H32N2O3/c1-19-15-16-28(18-22-11-7-5-8-12-22)24(17-19)26(30)31-25(20(2)27(4)21(3)29)23-13-9-6-10-14-23/h5-15,20,24-25H,16-18H2,1-4H3/t20?,24-,25+/m0/s1. The van der Waals surface area contributed by atoms with Crippen molar-refractivity contribution in [2.75, 3.05) is 13.6 Å². The second kappa shape index (κ2) is 10.4. The monoisotopic (exact) mass is 420 g/mol. The highest BCUT2D eigenvalue weighted by Gasteiger charge is 2.34. The Bertz CT molecular complexity index is 911. The lowest BCUT2D eigenvalue weighted by atomic mass is 9.99. The minimum Gasteiger partial charge on any atom is -0.454 e. The maximum Gasteiger partial charge on any atom is 0.324 e. The van der Waals surface area contributed by atoms with Gasteiger partial charge in [0, 0.05) is 27.1 Å². The van der Waals surface area contributed by atoms with Crippen LogP contribution in [0.2, 0.25) is 0 Å². The van der Waals surface area contributed by atoms with E-state index in [-0.39, 0.29) is 24.0 Å². The molecule has 5 heteroatoms. The molecule has 3 atom stereocenters. The average Bonchev–Trinajstić information content (AvgIpc) is 2.78. The van der Waals surface area contributed by atoms with Crippen LogP contribution in [0.5, 0.6) is 0 Å². The maximum absolute atomic E-state index is 13.4. The summed E-state index contributed by atoms with van der Waals surface area (Å²) in [6.07, 6.45) is 2.28. The zero-order valence-corrected chi connectivity index (χ0v) is 18.8. The van der Waals surface area contributed by atoms with Gasteiger partial charge in [-0.15, -0.1) is 0 Å². The Balaban J connectivity index is 1.83. The number of carbonyl (C=O) groups is 2. The van der Waals surface area contributed by atoms with Gasteiger partial charge >= 0.3 is 5.97 Å². The average molecular weight is 421 g/mol. The predicted octanol–water partition coefficient (Wildman–Crippen LogP) is 4.36. The van der Waals surface area contributed by atoms with E-state index in [1.165, 1.54) is 12.5 Å². The number of ether oxygens (including phenoxy) is 1. The van der Waals surface area contributed by atoms with Crippen molar-refractivity contribution >= 4 is 11.9 Å². The quantitative estimate of drug-likeness (QED) is 0.493. The van der Waals surface area contributed by atoms with Gasteiger partial charge < -0.3 is 9.64 Å². The largest absolute Gasteiger partial charge is 0.454 e. The molecule has 2 aromatic carbocycles.